The quantitative estimate of drug-likeness (QED) is 0.636. The van der Waals surface area contributed by atoms with Gasteiger partial charge < -0.3 is 10.4 Å². The molecule has 2 heterocycles. The zero-order chi connectivity index (χ0) is 15.2. The molecule has 0 aliphatic carbocycles. The van der Waals surface area contributed by atoms with Crippen molar-refractivity contribution in [2.75, 3.05) is 5.32 Å². The molecule has 0 aliphatic heterocycles. The number of hydrogen-bond donors (Lipinski definition) is 2. The third-order valence-electron chi connectivity index (χ3n) is 2.45. The molecule has 0 saturated heterocycles. The summed E-state index contributed by atoms with van der Waals surface area (Å²) in [5, 5.41) is 14.8. The third-order valence-corrected chi connectivity index (χ3v) is 3.67. The van der Waals surface area contributed by atoms with E-state index in [9.17, 15) is 5.11 Å². The van der Waals surface area contributed by atoms with Gasteiger partial charge in [-0.3, -0.25) is 0 Å². The molecule has 1 aromatic carbocycles. The van der Waals surface area contributed by atoms with Crippen LogP contribution in [0.25, 0.3) is 10.2 Å². The fourth-order valence-electron chi connectivity index (χ4n) is 1.60. The van der Waals surface area contributed by atoms with Gasteiger partial charge in [0.15, 0.2) is 5.82 Å². The molecule has 0 unspecified atom stereocenters. The van der Waals surface area contributed by atoms with Crippen molar-refractivity contribution in [2.24, 2.45) is 0 Å². The van der Waals surface area contributed by atoms with Crippen LogP contribution in [0.1, 0.15) is 20.3 Å². The third kappa shape index (κ3) is 3.83. The fraction of sp³-hybridized carbons (Fsp3) is 0.200. The van der Waals surface area contributed by atoms with Crippen LogP contribution in [0.4, 0.5) is 11.5 Å². The highest BCUT2D eigenvalue weighted by molar-refractivity contribution is 7.17. The van der Waals surface area contributed by atoms with Crippen molar-refractivity contribution in [3.05, 3.63) is 41.0 Å². The summed E-state index contributed by atoms with van der Waals surface area (Å²) in [5.41, 5.74) is 1.67. The molecule has 0 bridgehead atoms. The highest BCUT2D eigenvalue weighted by Crippen LogP contribution is 2.30. The SMILES string of the molecule is CCC.Oc1ccc(Nc2ncnc3ccsc23)cc1Cl. The Kier molecular flexibility index (Phi) is 5.36. The Morgan fingerprint density at radius 2 is 2.00 bits per heavy atom. The summed E-state index contributed by atoms with van der Waals surface area (Å²) in [5.74, 6) is 0.794. The van der Waals surface area contributed by atoms with E-state index in [1.807, 2.05) is 11.4 Å². The number of halogens is 1. The standard InChI is InChI=1S/C12H8ClN3OS.C3H8/c13-8-5-7(1-2-10(8)17)16-12-11-9(3-4-18-11)14-6-15-12;1-3-2/h1-6,17H,(H,14,15,16);3H2,1-2H3. The van der Waals surface area contributed by atoms with Crippen LogP contribution in [0.3, 0.4) is 0 Å². The van der Waals surface area contributed by atoms with Crippen molar-refractivity contribution < 1.29 is 5.11 Å². The average Bonchev–Trinajstić information content (AvgIpc) is 2.93. The topological polar surface area (TPSA) is 58.0 Å². The summed E-state index contributed by atoms with van der Waals surface area (Å²) in [6, 6.07) is 6.87. The number of nitrogens with one attached hydrogen (secondary N) is 1. The van der Waals surface area contributed by atoms with Crippen LogP contribution in [0.2, 0.25) is 5.02 Å². The Labute approximate surface area is 132 Å². The van der Waals surface area contributed by atoms with Crippen molar-refractivity contribution in [3.8, 4) is 5.75 Å². The fourth-order valence-corrected chi connectivity index (χ4v) is 2.57. The summed E-state index contributed by atoms with van der Waals surface area (Å²) >= 11 is 7.43. The van der Waals surface area contributed by atoms with E-state index in [2.05, 4.69) is 29.1 Å². The molecule has 6 heteroatoms. The summed E-state index contributed by atoms with van der Waals surface area (Å²) in [4.78, 5) is 8.38. The van der Waals surface area contributed by atoms with E-state index in [0.29, 0.717) is 5.02 Å². The molecular formula is C15H16ClN3OS. The minimum absolute atomic E-state index is 0.0613. The van der Waals surface area contributed by atoms with E-state index in [4.69, 9.17) is 11.6 Å². The van der Waals surface area contributed by atoms with Gasteiger partial charge in [0.2, 0.25) is 0 Å². The zero-order valence-corrected chi connectivity index (χ0v) is 13.4. The largest absolute Gasteiger partial charge is 0.506 e. The number of anilines is 2. The Morgan fingerprint density at radius 3 is 2.71 bits per heavy atom. The normalized spacial score (nSPS) is 10.0. The Hall–Kier alpha value is -1.85. The summed E-state index contributed by atoms with van der Waals surface area (Å²) in [7, 11) is 0. The molecule has 2 N–H and O–H groups in total. The summed E-state index contributed by atoms with van der Waals surface area (Å²) in [6.45, 7) is 4.25. The maximum atomic E-state index is 9.37. The minimum Gasteiger partial charge on any atom is -0.506 e. The van der Waals surface area contributed by atoms with Crippen molar-refractivity contribution in [2.45, 2.75) is 20.3 Å². The Balaban J connectivity index is 0.000000497. The van der Waals surface area contributed by atoms with Gasteiger partial charge in [0, 0.05) is 5.69 Å². The van der Waals surface area contributed by atoms with Gasteiger partial charge >= 0.3 is 0 Å². The number of benzene rings is 1. The number of fused-ring (bicyclic) bond motifs is 1. The molecule has 110 valence electrons. The smallest absolute Gasteiger partial charge is 0.151 e. The van der Waals surface area contributed by atoms with Gasteiger partial charge in [-0.2, -0.15) is 0 Å². The lowest BCUT2D eigenvalue weighted by molar-refractivity contribution is 0.475. The molecule has 3 rings (SSSR count). The molecule has 21 heavy (non-hydrogen) atoms. The van der Waals surface area contributed by atoms with Crippen LogP contribution in [0.15, 0.2) is 36.0 Å². The monoisotopic (exact) mass is 321 g/mol. The van der Waals surface area contributed by atoms with Gasteiger partial charge in [-0.05, 0) is 29.6 Å². The van der Waals surface area contributed by atoms with Crippen LogP contribution in [-0.2, 0) is 0 Å². The number of aromatic hydroxyl groups is 1. The summed E-state index contributed by atoms with van der Waals surface area (Å²) in [6.07, 6.45) is 2.76. The maximum Gasteiger partial charge on any atom is 0.151 e. The van der Waals surface area contributed by atoms with E-state index in [0.717, 1.165) is 21.7 Å². The number of phenols is 1. The Morgan fingerprint density at radius 1 is 1.24 bits per heavy atom. The minimum atomic E-state index is 0.0613. The first kappa shape index (κ1) is 15.5. The van der Waals surface area contributed by atoms with Crippen molar-refractivity contribution in [3.63, 3.8) is 0 Å². The number of nitrogens with zero attached hydrogens (tertiary/aromatic N) is 2. The van der Waals surface area contributed by atoms with E-state index >= 15 is 0 Å². The van der Waals surface area contributed by atoms with Gasteiger partial charge in [0.1, 0.15) is 12.1 Å². The highest BCUT2D eigenvalue weighted by atomic mass is 35.5. The van der Waals surface area contributed by atoms with Gasteiger partial charge in [-0.15, -0.1) is 11.3 Å². The zero-order valence-electron chi connectivity index (χ0n) is 11.8. The predicted octanol–water partition coefficient (Wildman–Crippen LogP) is 5.21. The second-order valence-corrected chi connectivity index (χ2v) is 5.68. The average molecular weight is 322 g/mol. The van der Waals surface area contributed by atoms with Crippen LogP contribution in [0, 0.1) is 0 Å². The van der Waals surface area contributed by atoms with Crippen LogP contribution >= 0.6 is 22.9 Å². The van der Waals surface area contributed by atoms with E-state index in [1.54, 1.807) is 23.5 Å². The molecule has 0 saturated carbocycles. The van der Waals surface area contributed by atoms with Gasteiger partial charge in [-0.25, -0.2) is 9.97 Å². The second kappa shape index (κ2) is 7.24. The molecule has 0 aliphatic rings. The lowest BCUT2D eigenvalue weighted by atomic mass is 10.3. The van der Waals surface area contributed by atoms with Crippen molar-refractivity contribution in [1.82, 2.24) is 9.97 Å². The van der Waals surface area contributed by atoms with Crippen LogP contribution < -0.4 is 5.32 Å². The number of aromatic nitrogens is 2. The molecule has 0 spiro atoms. The van der Waals surface area contributed by atoms with Gasteiger partial charge in [0.25, 0.3) is 0 Å². The number of phenolic OH excluding ortho intramolecular Hbond substituents is 1. The number of thiophene rings is 1. The Bertz CT molecular complexity index is 730. The molecule has 0 fully saturated rings. The lowest BCUT2D eigenvalue weighted by Gasteiger charge is -2.07. The first-order valence-electron chi connectivity index (χ1n) is 6.59. The van der Waals surface area contributed by atoms with Crippen molar-refractivity contribution in [1.29, 1.82) is 0 Å². The van der Waals surface area contributed by atoms with Crippen molar-refractivity contribution >= 4 is 44.7 Å². The number of rotatable bonds is 2. The van der Waals surface area contributed by atoms with Gasteiger partial charge in [0.05, 0.1) is 15.2 Å². The molecule has 0 radical (unpaired) electrons. The second-order valence-electron chi connectivity index (χ2n) is 4.36. The first-order chi connectivity index (χ1) is 10.2. The summed E-state index contributed by atoms with van der Waals surface area (Å²) < 4.78 is 0.988. The molecule has 0 atom stereocenters. The van der Waals surface area contributed by atoms with E-state index in [1.165, 1.54) is 18.8 Å². The van der Waals surface area contributed by atoms with E-state index < -0.39 is 0 Å². The van der Waals surface area contributed by atoms with E-state index in [-0.39, 0.29) is 5.75 Å². The number of hydrogen-bond acceptors (Lipinski definition) is 5. The van der Waals surface area contributed by atoms with Crippen LogP contribution in [-0.4, -0.2) is 15.1 Å². The predicted molar refractivity (Wildman–Crippen MR) is 89.8 cm³/mol. The highest BCUT2D eigenvalue weighted by Gasteiger charge is 2.06. The lowest BCUT2D eigenvalue weighted by Crippen LogP contribution is -1.94. The van der Waals surface area contributed by atoms with Crippen LogP contribution in [0.5, 0.6) is 5.75 Å². The molecule has 3 aromatic rings. The first-order valence-corrected chi connectivity index (χ1v) is 7.85. The molecule has 2 aromatic heterocycles. The molecular weight excluding hydrogens is 306 g/mol. The molecule has 4 nitrogen and oxygen atoms in total. The maximum absolute atomic E-state index is 9.37. The molecule has 0 amide bonds. The van der Waals surface area contributed by atoms with Gasteiger partial charge in [-0.1, -0.05) is 31.9 Å².